The minimum Gasteiger partial charge on any atom is -0.470 e. The predicted molar refractivity (Wildman–Crippen MR) is 121 cm³/mol. The molecule has 0 bridgehead atoms. The molecule has 0 saturated heterocycles. The van der Waals surface area contributed by atoms with Crippen LogP contribution in [0.25, 0.3) is 22.3 Å². The number of rotatable bonds is 4. The van der Waals surface area contributed by atoms with Gasteiger partial charge in [0.15, 0.2) is 0 Å². The van der Waals surface area contributed by atoms with Gasteiger partial charge in [-0.15, -0.1) is 4.91 Å². The molecule has 1 aliphatic carbocycles. The summed E-state index contributed by atoms with van der Waals surface area (Å²) in [7, 11) is 0. The van der Waals surface area contributed by atoms with E-state index in [2.05, 4.69) is 5.18 Å². The molecule has 2 aromatic heterocycles. The van der Waals surface area contributed by atoms with Crippen molar-refractivity contribution < 1.29 is 9.13 Å². The maximum atomic E-state index is 14.6. The van der Waals surface area contributed by atoms with Crippen LogP contribution in [0.1, 0.15) is 53.6 Å². The second-order valence-corrected chi connectivity index (χ2v) is 8.89. The number of benzene rings is 1. The first kappa shape index (κ1) is 20.5. The second kappa shape index (κ2) is 7.36. The molecule has 2 aliphatic rings. The fourth-order valence-corrected chi connectivity index (χ4v) is 5.01. The molecule has 0 fully saturated rings. The number of hydrogen-bond donors (Lipinski definition) is 0. The lowest BCUT2D eigenvalue weighted by Crippen LogP contribution is -2.24. The lowest BCUT2D eigenvalue weighted by molar-refractivity contribution is 0.190. The largest absolute Gasteiger partial charge is 0.470 e. The minimum atomic E-state index is -0.231. The van der Waals surface area contributed by atoms with Crippen molar-refractivity contribution in [2.24, 2.45) is 5.18 Å². The molecule has 1 aliphatic heterocycles. The number of nitrogens with zero attached hydrogens (tertiary/aromatic N) is 3. The quantitative estimate of drug-likeness (QED) is 0.327. The summed E-state index contributed by atoms with van der Waals surface area (Å²) in [6, 6.07) is 3.45. The number of nitroso groups, excluding NO2 is 1. The van der Waals surface area contributed by atoms with Crippen LogP contribution in [0.3, 0.4) is 0 Å². The molecular weight excluding hydrogens is 409 g/mol. The lowest BCUT2D eigenvalue weighted by atomic mass is 9.85. The Bertz CT molecular complexity index is 1410. The molecule has 3 heterocycles. The summed E-state index contributed by atoms with van der Waals surface area (Å²) in [6.07, 6.45) is 2.70. The number of allylic oxidation sites excluding steroid dienone is 1. The minimum absolute atomic E-state index is 0.000135. The number of pyridine rings is 2. The predicted octanol–water partition coefficient (Wildman–Crippen LogP) is 5.20. The second-order valence-electron chi connectivity index (χ2n) is 8.89. The highest BCUT2D eigenvalue weighted by molar-refractivity contribution is 5.92. The molecule has 0 N–H and O–H groups in total. The molecule has 0 amide bonds. The summed E-state index contributed by atoms with van der Waals surface area (Å²) in [5.41, 5.74) is 7.89. The molecule has 3 aromatic rings. The zero-order valence-corrected chi connectivity index (χ0v) is 18.6. The van der Waals surface area contributed by atoms with Crippen molar-refractivity contribution in [3.63, 3.8) is 0 Å². The Labute approximate surface area is 184 Å². The third-order valence-corrected chi connectivity index (χ3v) is 6.72. The van der Waals surface area contributed by atoms with Crippen LogP contribution in [-0.2, 0) is 30.7 Å². The number of aryl methyl sites for hydroxylation is 3. The van der Waals surface area contributed by atoms with Crippen molar-refractivity contribution in [2.45, 2.75) is 60.1 Å². The molecule has 5 rings (SSSR count). The third kappa shape index (κ3) is 2.91. The Kier molecular flexibility index (Phi) is 4.73. The Hall–Kier alpha value is -3.35. The van der Waals surface area contributed by atoms with E-state index < -0.39 is 0 Å². The first-order valence-electron chi connectivity index (χ1n) is 10.8. The highest BCUT2D eigenvalue weighted by atomic mass is 19.1. The number of fused-ring (bicyclic) bond motifs is 4. The molecule has 0 unspecified atom stereocenters. The van der Waals surface area contributed by atoms with Crippen LogP contribution in [0.2, 0.25) is 0 Å². The van der Waals surface area contributed by atoms with E-state index in [1.165, 1.54) is 11.6 Å². The van der Waals surface area contributed by atoms with Crippen LogP contribution in [0.4, 0.5) is 4.39 Å². The van der Waals surface area contributed by atoms with Crippen molar-refractivity contribution in [2.75, 3.05) is 0 Å². The van der Waals surface area contributed by atoms with E-state index in [9.17, 15) is 14.1 Å². The number of aromatic nitrogens is 2. The van der Waals surface area contributed by atoms with Gasteiger partial charge in [0.2, 0.25) is 0 Å². The zero-order chi connectivity index (χ0) is 22.7. The molecule has 6 nitrogen and oxygen atoms in total. The van der Waals surface area contributed by atoms with Gasteiger partial charge < -0.3 is 9.30 Å². The van der Waals surface area contributed by atoms with Gasteiger partial charge in [0.05, 0.1) is 29.0 Å². The highest BCUT2D eigenvalue weighted by Gasteiger charge is 2.30. The topological polar surface area (TPSA) is 73.5 Å². The molecule has 0 saturated carbocycles. The van der Waals surface area contributed by atoms with Crippen LogP contribution in [0, 0.1) is 24.6 Å². The summed E-state index contributed by atoms with van der Waals surface area (Å²) in [5.74, 6) is -0.231. The Morgan fingerprint density at radius 1 is 1.19 bits per heavy atom. The summed E-state index contributed by atoms with van der Waals surface area (Å²) < 4.78 is 21.8. The van der Waals surface area contributed by atoms with E-state index in [0.29, 0.717) is 28.8 Å². The number of ether oxygens (including phenoxy) is 1. The smallest absolute Gasteiger partial charge is 0.258 e. The molecule has 1 aromatic carbocycles. The Balaban J connectivity index is 1.66. The molecule has 0 radical (unpaired) electrons. The van der Waals surface area contributed by atoms with Crippen molar-refractivity contribution in [1.29, 1.82) is 0 Å². The van der Waals surface area contributed by atoms with Gasteiger partial charge in [-0.3, -0.25) is 4.79 Å². The van der Waals surface area contributed by atoms with Crippen LogP contribution in [-0.4, -0.2) is 9.55 Å². The van der Waals surface area contributed by atoms with Gasteiger partial charge in [0.1, 0.15) is 12.4 Å². The summed E-state index contributed by atoms with van der Waals surface area (Å²) >= 11 is 0. The van der Waals surface area contributed by atoms with Gasteiger partial charge in [0, 0.05) is 22.2 Å². The van der Waals surface area contributed by atoms with E-state index in [1.807, 2.05) is 19.9 Å². The Morgan fingerprint density at radius 2 is 1.94 bits per heavy atom. The van der Waals surface area contributed by atoms with Crippen molar-refractivity contribution in [1.82, 2.24) is 9.55 Å². The molecular formula is C25H24FN3O3. The fourth-order valence-electron chi connectivity index (χ4n) is 5.01. The number of hydrogen-bond acceptors (Lipinski definition) is 5. The standard InChI is InChI=1S/C25H24FN3O3/c1-12(2)24(28-31)32-11-18-13(3)8-21-23-17(10-29(21)25(18)30)16-7-5-6-15-14(4)19(26)9-20(27-23)22(15)16/h8-9H,5-7,10-11H2,1-4H3. The summed E-state index contributed by atoms with van der Waals surface area (Å²) in [5, 5.41) is 3.96. The molecule has 32 heavy (non-hydrogen) atoms. The fraction of sp³-hybridized carbons (Fsp3) is 0.360. The van der Waals surface area contributed by atoms with Gasteiger partial charge in [0.25, 0.3) is 11.4 Å². The molecule has 0 atom stereocenters. The van der Waals surface area contributed by atoms with E-state index in [-0.39, 0.29) is 23.9 Å². The monoisotopic (exact) mass is 433 g/mol. The third-order valence-electron chi connectivity index (χ3n) is 6.72. The first-order chi connectivity index (χ1) is 15.3. The first-order valence-corrected chi connectivity index (χ1v) is 10.8. The van der Waals surface area contributed by atoms with E-state index in [4.69, 9.17) is 9.72 Å². The van der Waals surface area contributed by atoms with Crippen LogP contribution >= 0.6 is 0 Å². The average molecular weight is 433 g/mol. The summed E-state index contributed by atoms with van der Waals surface area (Å²) in [4.78, 5) is 29.2. The van der Waals surface area contributed by atoms with Crippen LogP contribution < -0.4 is 5.56 Å². The maximum Gasteiger partial charge on any atom is 0.258 e. The van der Waals surface area contributed by atoms with E-state index >= 15 is 0 Å². The van der Waals surface area contributed by atoms with Crippen molar-refractivity contribution in [3.8, 4) is 11.4 Å². The van der Waals surface area contributed by atoms with Gasteiger partial charge >= 0.3 is 0 Å². The average Bonchev–Trinajstić information content (AvgIpc) is 3.13. The molecule has 0 spiro atoms. The lowest BCUT2D eigenvalue weighted by Gasteiger charge is -2.21. The highest BCUT2D eigenvalue weighted by Crippen LogP contribution is 2.41. The Morgan fingerprint density at radius 3 is 2.66 bits per heavy atom. The normalized spacial score (nSPS) is 13.7. The zero-order valence-electron chi connectivity index (χ0n) is 18.6. The SMILES string of the molecule is CC(C)=C(N=O)OCc1c(C)cc2n(c1=O)Cc1c-2nc2cc(F)c(C)c3c2c1CCC3. The van der Waals surface area contributed by atoms with Gasteiger partial charge in [-0.2, -0.15) is 0 Å². The molecule has 7 heteroatoms. The molecule has 164 valence electrons. The van der Waals surface area contributed by atoms with Gasteiger partial charge in [-0.25, -0.2) is 9.37 Å². The van der Waals surface area contributed by atoms with E-state index in [1.54, 1.807) is 18.4 Å². The number of halogens is 1. The van der Waals surface area contributed by atoms with Crippen LogP contribution in [0.5, 0.6) is 0 Å². The summed E-state index contributed by atoms with van der Waals surface area (Å²) in [6.45, 7) is 7.56. The van der Waals surface area contributed by atoms with E-state index in [0.717, 1.165) is 52.7 Å². The van der Waals surface area contributed by atoms with Gasteiger partial charge in [-0.05, 0) is 80.9 Å². The van der Waals surface area contributed by atoms with Crippen molar-refractivity contribution >= 4 is 10.9 Å². The van der Waals surface area contributed by atoms with Crippen LogP contribution in [0.15, 0.2) is 33.6 Å². The van der Waals surface area contributed by atoms with Crippen molar-refractivity contribution in [3.05, 3.63) is 78.0 Å². The maximum absolute atomic E-state index is 14.6. The van der Waals surface area contributed by atoms with Gasteiger partial charge in [-0.1, -0.05) is 0 Å².